The minimum Gasteiger partial charge on any atom is -0.495 e. The number of para-hydroxylation sites is 2. The second-order valence-corrected chi connectivity index (χ2v) is 7.55. The molecule has 4 aromatic rings. The van der Waals surface area contributed by atoms with Gasteiger partial charge in [-0.15, -0.1) is 0 Å². The number of hydrogen-bond acceptors (Lipinski definition) is 5. The smallest absolute Gasteiger partial charge is 0.350 e. The zero-order valence-electron chi connectivity index (χ0n) is 17.6. The van der Waals surface area contributed by atoms with E-state index in [1.807, 2.05) is 60.5 Å². The molecular weight excluding hydrogens is 428 g/mol. The number of carbonyl (C=O) groups excluding carboxylic acids is 1. The van der Waals surface area contributed by atoms with E-state index in [2.05, 4.69) is 10.3 Å². The fourth-order valence-corrected chi connectivity index (χ4v) is 3.68. The van der Waals surface area contributed by atoms with Crippen molar-refractivity contribution in [3.63, 3.8) is 0 Å². The van der Waals surface area contributed by atoms with Gasteiger partial charge in [-0.3, -0.25) is 9.36 Å². The molecule has 0 spiro atoms. The Balaban J connectivity index is 1.70. The van der Waals surface area contributed by atoms with E-state index in [-0.39, 0.29) is 6.54 Å². The fraction of sp³-hybridized carbons (Fsp3) is 0.125. The van der Waals surface area contributed by atoms with Crippen molar-refractivity contribution in [3.8, 4) is 5.75 Å². The van der Waals surface area contributed by atoms with Gasteiger partial charge in [-0.1, -0.05) is 41.9 Å². The van der Waals surface area contributed by atoms with E-state index < -0.39 is 11.6 Å². The van der Waals surface area contributed by atoms with Gasteiger partial charge in [-0.2, -0.15) is 4.98 Å². The predicted molar refractivity (Wildman–Crippen MR) is 127 cm³/mol. The van der Waals surface area contributed by atoms with Crippen LogP contribution in [0, 0.1) is 0 Å². The van der Waals surface area contributed by atoms with E-state index in [9.17, 15) is 9.59 Å². The number of rotatable bonds is 6. The van der Waals surface area contributed by atoms with Crippen molar-refractivity contribution in [2.45, 2.75) is 6.54 Å². The average molecular weight is 449 g/mol. The zero-order valence-corrected chi connectivity index (χ0v) is 18.3. The number of ether oxygens (including phenoxy) is 1. The predicted octanol–water partition coefficient (Wildman–Crippen LogP) is 4.47. The molecule has 0 atom stereocenters. The van der Waals surface area contributed by atoms with E-state index in [0.29, 0.717) is 27.8 Å². The molecular formula is C24H21ClN4O3. The third-order valence-corrected chi connectivity index (χ3v) is 5.30. The standard InChI is InChI=1S/C24H21ClN4O3/c1-28(17-8-4-3-5-9-17)23-18-10-6-7-11-20(18)29(24(31)27-23)15-22(30)26-19-14-16(25)12-13-21(19)32-2/h3-14H,15H2,1-2H3,(H,26,30). The third kappa shape index (κ3) is 4.29. The maximum atomic E-state index is 13.0. The van der Waals surface area contributed by atoms with Crippen molar-refractivity contribution < 1.29 is 9.53 Å². The number of halogens is 1. The minimum absolute atomic E-state index is 0.211. The summed E-state index contributed by atoms with van der Waals surface area (Å²) in [5.41, 5.74) is 1.41. The van der Waals surface area contributed by atoms with E-state index >= 15 is 0 Å². The van der Waals surface area contributed by atoms with Gasteiger partial charge in [0.1, 0.15) is 18.1 Å². The first-order chi connectivity index (χ1) is 15.5. The van der Waals surface area contributed by atoms with Crippen LogP contribution in [0.3, 0.4) is 0 Å². The molecule has 0 aliphatic carbocycles. The average Bonchev–Trinajstić information content (AvgIpc) is 2.81. The van der Waals surface area contributed by atoms with Crippen molar-refractivity contribution in [3.05, 3.63) is 88.3 Å². The van der Waals surface area contributed by atoms with Gasteiger partial charge >= 0.3 is 5.69 Å². The number of fused-ring (bicyclic) bond motifs is 1. The first kappa shape index (κ1) is 21.4. The first-order valence-electron chi connectivity index (χ1n) is 9.89. The second kappa shape index (κ2) is 9.11. The lowest BCUT2D eigenvalue weighted by Crippen LogP contribution is -2.31. The number of methoxy groups -OCH3 is 1. The normalized spacial score (nSPS) is 10.7. The van der Waals surface area contributed by atoms with Gasteiger partial charge in [0.05, 0.1) is 18.3 Å². The number of carbonyl (C=O) groups is 1. The second-order valence-electron chi connectivity index (χ2n) is 7.11. The summed E-state index contributed by atoms with van der Waals surface area (Å²) in [6.07, 6.45) is 0. The highest BCUT2D eigenvalue weighted by molar-refractivity contribution is 6.31. The number of amides is 1. The van der Waals surface area contributed by atoms with Crippen LogP contribution in [-0.4, -0.2) is 29.6 Å². The molecule has 0 radical (unpaired) electrons. The van der Waals surface area contributed by atoms with Crippen molar-refractivity contribution in [2.24, 2.45) is 0 Å². The zero-order chi connectivity index (χ0) is 22.7. The van der Waals surface area contributed by atoms with Crippen LogP contribution in [0.5, 0.6) is 5.75 Å². The number of aromatic nitrogens is 2. The number of hydrogen-bond donors (Lipinski definition) is 1. The van der Waals surface area contributed by atoms with E-state index in [4.69, 9.17) is 16.3 Å². The lowest BCUT2D eigenvalue weighted by molar-refractivity contribution is -0.116. The molecule has 7 nitrogen and oxygen atoms in total. The molecule has 8 heteroatoms. The van der Waals surface area contributed by atoms with Crippen molar-refractivity contribution >= 4 is 45.6 Å². The van der Waals surface area contributed by atoms with Crippen LogP contribution in [0.2, 0.25) is 5.02 Å². The Bertz CT molecular complexity index is 1340. The Morgan fingerprint density at radius 1 is 1.09 bits per heavy atom. The van der Waals surface area contributed by atoms with Crippen molar-refractivity contribution in [1.82, 2.24) is 9.55 Å². The molecule has 0 saturated heterocycles. The molecule has 1 amide bonds. The molecule has 0 aliphatic rings. The highest BCUT2D eigenvalue weighted by Crippen LogP contribution is 2.29. The quantitative estimate of drug-likeness (QED) is 0.471. The van der Waals surface area contributed by atoms with Crippen LogP contribution in [0.4, 0.5) is 17.2 Å². The van der Waals surface area contributed by atoms with Crippen molar-refractivity contribution in [2.75, 3.05) is 24.4 Å². The molecule has 1 heterocycles. The summed E-state index contributed by atoms with van der Waals surface area (Å²) in [7, 11) is 3.36. The van der Waals surface area contributed by atoms with Crippen LogP contribution in [0.15, 0.2) is 77.6 Å². The highest BCUT2D eigenvalue weighted by atomic mass is 35.5. The van der Waals surface area contributed by atoms with E-state index in [0.717, 1.165) is 11.1 Å². The monoisotopic (exact) mass is 448 g/mol. The lowest BCUT2D eigenvalue weighted by Gasteiger charge is -2.21. The largest absolute Gasteiger partial charge is 0.495 e. The van der Waals surface area contributed by atoms with Gasteiger partial charge in [0.25, 0.3) is 0 Å². The molecule has 0 fully saturated rings. The summed E-state index contributed by atoms with van der Waals surface area (Å²) in [5, 5.41) is 3.97. The summed E-state index contributed by atoms with van der Waals surface area (Å²) in [6, 6.07) is 21.9. The van der Waals surface area contributed by atoms with Gasteiger partial charge in [-0.25, -0.2) is 4.79 Å². The highest BCUT2D eigenvalue weighted by Gasteiger charge is 2.17. The Kier molecular flexibility index (Phi) is 6.09. The van der Waals surface area contributed by atoms with Gasteiger partial charge in [0.2, 0.25) is 5.91 Å². The Hall–Kier alpha value is -3.84. The number of nitrogens with zero attached hydrogens (tertiary/aromatic N) is 3. The Morgan fingerprint density at radius 2 is 1.81 bits per heavy atom. The molecule has 0 aliphatic heterocycles. The molecule has 1 N–H and O–H groups in total. The van der Waals surface area contributed by atoms with Crippen LogP contribution in [-0.2, 0) is 11.3 Å². The van der Waals surface area contributed by atoms with Crippen LogP contribution < -0.4 is 20.6 Å². The summed E-state index contributed by atoms with van der Waals surface area (Å²) < 4.78 is 6.62. The lowest BCUT2D eigenvalue weighted by atomic mass is 10.2. The van der Waals surface area contributed by atoms with Gasteiger partial charge in [0.15, 0.2) is 0 Å². The van der Waals surface area contributed by atoms with Crippen LogP contribution in [0.1, 0.15) is 0 Å². The van der Waals surface area contributed by atoms with Crippen molar-refractivity contribution in [1.29, 1.82) is 0 Å². The molecule has 0 saturated carbocycles. The Morgan fingerprint density at radius 3 is 2.56 bits per heavy atom. The summed E-state index contributed by atoms with van der Waals surface area (Å²) in [6.45, 7) is -0.211. The number of anilines is 3. The molecule has 162 valence electrons. The van der Waals surface area contributed by atoms with Crippen LogP contribution in [0.25, 0.3) is 10.9 Å². The SMILES string of the molecule is COc1ccc(Cl)cc1NC(=O)Cn1c(=O)nc(N(C)c2ccccc2)c2ccccc21. The van der Waals surface area contributed by atoms with Gasteiger partial charge in [0, 0.05) is 23.1 Å². The number of benzene rings is 3. The molecule has 3 aromatic carbocycles. The minimum atomic E-state index is -0.519. The maximum absolute atomic E-state index is 13.0. The summed E-state index contributed by atoms with van der Waals surface area (Å²) in [4.78, 5) is 31.9. The Labute approximate surface area is 189 Å². The molecule has 1 aromatic heterocycles. The molecule has 4 rings (SSSR count). The van der Waals surface area contributed by atoms with Gasteiger partial charge < -0.3 is 15.0 Å². The third-order valence-electron chi connectivity index (χ3n) is 5.07. The number of nitrogens with one attached hydrogen (secondary N) is 1. The fourth-order valence-electron chi connectivity index (χ4n) is 3.51. The maximum Gasteiger partial charge on any atom is 0.350 e. The van der Waals surface area contributed by atoms with Crippen LogP contribution >= 0.6 is 11.6 Å². The summed E-state index contributed by atoms with van der Waals surface area (Å²) in [5.74, 6) is 0.590. The molecule has 0 unspecified atom stereocenters. The van der Waals surface area contributed by atoms with E-state index in [1.165, 1.54) is 11.7 Å². The first-order valence-corrected chi connectivity index (χ1v) is 10.3. The topological polar surface area (TPSA) is 76.5 Å². The summed E-state index contributed by atoms with van der Waals surface area (Å²) >= 11 is 6.04. The van der Waals surface area contributed by atoms with Gasteiger partial charge in [-0.05, 0) is 42.5 Å². The molecule has 0 bridgehead atoms. The van der Waals surface area contributed by atoms with E-state index in [1.54, 1.807) is 24.3 Å². The molecule has 32 heavy (non-hydrogen) atoms.